The number of halogens is 16. The fourth-order valence-corrected chi connectivity index (χ4v) is 14.0. The molecule has 108 heavy (non-hydrogen) atoms. The van der Waals surface area contributed by atoms with Gasteiger partial charge in [-0.25, -0.2) is 0 Å². The fourth-order valence-electron chi connectivity index (χ4n) is 13.0. The monoisotopic (exact) mass is 1620 g/mol. The summed E-state index contributed by atoms with van der Waals surface area (Å²) in [5.41, 5.74) is 1.15. The number of unbranched alkanes of at least 4 members (excludes halogenated alkanes) is 4. The minimum atomic E-state index is -4.41. The van der Waals surface area contributed by atoms with E-state index < -0.39 is 145 Å². The van der Waals surface area contributed by atoms with Crippen LogP contribution >= 0.6 is 46.4 Å². The molecular weight excluding hydrogens is 1520 g/mol. The van der Waals surface area contributed by atoms with Crippen LogP contribution in [-0.2, 0) is 57.3 Å². The molecule has 0 radical (unpaired) electrons. The Morgan fingerprint density at radius 3 is 0.667 bits per heavy atom. The molecule has 5 aliphatic rings. The van der Waals surface area contributed by atoms with Crippen molar-refractivity contribution in [3.63, 3.8) is 0 Å². The van der Waals surface area contributed by atoms with E-state index in [0.29, 0.717) is 25.7 Å². The van der Waals surface area contributed by atoms with Gasteiger partial charge in [0.2, 0.25) is 0 Å². The van der Waals surface area contributed by atoms with Gasteiger partial charge in [0.1, 0.15) is 24.4 Å². The fraction of sp³-hybridized carbons (Fsp3) is 0.600. The standard InChI is InChI=1S/C80H96Cl4F12O12/c81-65-49-53-25-9-1-5-13-33-69(97)105-57(29-17-21-45-77(85,86)87)38-42-62-54(50-66(82)74(62)102)26-10-3-7-15-35-71(99)107-59(31-19-23-47-79(91,92)93)40-44-64-56(52-68(84)76(64)104)28-12-4-8-16-36-72(100)108-60(32-20-24-48-80(94,95)96)39-43-63-55(51-67(83)75(63)103)27-11-2-6-14-34-70(98)106-58(37-41-61(53)73(65)101)30-18-22-46-78(88,89)90/h1-4,9-12,41-44,49-60H,5-8,13-40,45-48H2/b9-1-,10-3-,11-2-,12-4-,61-41+,62-42+,63-43+,64-44+/t53-,54-,55-,56-,57-,58-,59-,60-/m0/s1. The lowest BCUT2D eigenvalue weighted by atomic mass is 9.95. The smallest absolute Gasteiger partial charge is 0.389 e. The zero-order valence-corrected chi connectivity index (χ0v) is 63.3. The lowest BCUT2D eigenvalue weighted by Gasteiger charge is -2.18. The highest BCUT2D eigenvalue weighted by Gasteiger charge is 2.35. The molecule has 28 heteroatoms. The number of carbonyl (C=O) groups excluding carboxylic acids is 8. The van der Waals surface area contributed by atoms with Gasteiger partial charge < -0.3 is 18.9 Å². The Balaban J connectivity index is 1.34. The number of ether oxygens (including phenoxy) is 4. The van der Waals surface area contributed by atoms with Crippen LogP contribution in [0.5, 0.6) is 0 Å². The number of fused-ring (bicyclic) bond motifs is 4. The van der Waals surface area contributed by atoms with Gasteiger partial charge in [0.25, 0.3) is 0 Å². The van der Waals surface area contributed by atoms with Crippen LogP contribution in [0.4, 0.5) is 52.7 Å². The molecule has 12 nitrogen and oxygen atoms in total. The molecule has 0 N–H and O–H groups in total. The normalized spacial score (nSPS) is 28.0. The molecule has 1 aliphatic heterocycles. The second-order valence-electron chi connectivity index (χ2n) is 27.7. The number of hydrogen-bond donors (Lipinski definition) is 0. The summed E-state index contributed by atoms with van der Waals surface area (Å²) >= 11 is 25.3. The van der Waals surface area contributed by atoms with Crippen molar-refractivity contribution in [3.05, 3.63) is 140 Å². The topological polar surface area (TPSA) is 173 Å². The average Bonchev–Trinajstić information content (AvgIpc) is 1.71. The van der Waals surface area contributed by atoms with E-state index in [1.807, 2.05) is 0 Å². The third kappa shape index (κ3) is 37.2. The van der Waals surface area contributed by atoms with Gasteiger partial charge in [-0.2, -0.15) is 52.7 Å². The summed E-state index contributed by atoms with van der Waals surface area (Å²) in [5.74, 6) is -6.53. The van der Waals surface area contributed by atoms with E-state index in [-0.39, 0.29) is 222 Å². The number of cyclic esters (lactones) is 4. The summed E-state index contributed by atoms with van der Waals surface area (Å²) < 4.78 is 181. The second kappa shape index (κ2) is 47.2. The van der Waals surface area contributed by atoms with Crippen LogP contribution in [-0.4, -0.2) is 96.1 Å². The third-order valence-corrected chi connectivity index (χ3v) is 19.9. The lowest BCUT2D eigenvalue weighted by molar-refractivity contribution is -0.150. The summed E-state index contributed by atoms with van der Waals surface area (Å²) in [6, 6.07) is 0. The number of esters is 4. The molecule has 0 spiro atoms. The Morgan fingerprint density at radius 1 is 0.287 bits per heavy atom. The van der Waals surface area contributed by atoms with E-state index in [4.69, 9.17) is 65.4 Å². The van der Waals surface area contributed by atoms with Crippen LogP contribution in [0.25, 0.3) is 0 Å². The van der Waals surface area contributed by atoms with Crippen LogP contribution in [0.2, 0.25) is 0 Å². The molecule has 0 aromatic heterocycles. The minimum Gasteiger partial charge on any atom is -0.462 e. The maximum absolute atomic E-state index is 13.3. The van der Waals surface area contributed by atoms with Gasteiger partial charge in [0.05, 0.1) is 20.1 Å². The van der Waals surface area contributed by atoms with Crippen LogP contribution in [0.1, 0.15) is 231 Å². The second-order valence-corrected chi connectivity index (χ2v) is 29.3. The average molecular weight is 1620 g/mol. The number of carbonyl (C=O) groups is 8. The summed E-state index contributed by atoms with van der Waals surface area (Å²) in [5, 5.41) is -0.226. The van der Waals surface area contributed by atoms with Gasteiger partial charge in [0.15, 0.2) is 23.1 Å². The highest BCUT2D eigenvalue weighted by molar-refractivity contribution is 6.47. The maximum atomic E-state index is 13.3. The van der Waals surface area contributed by atoms with Crippen molar-refractivity contribution in [1.82, 2.24) is 0 Å². The van der Waals surface area contributed by atoms with Gasteiger partial charge in [0, 0.05) is 123 Å². The molecule has 0 aromatic rings. The Kier molecular flexibility index (Phi) is 40.4. The van der Waals surface area contributed by atoms with Gasteiger partial charge in [-0.05, 0) is 154 Å². The number of alkyl halides is 12. The molecule has 0 bridgehead atoms. The van der Waals surface area contributed by atoms with Crippen molar-refractivity contribution in [2.24, 2.45) is 23.7 Å². The first-order valence-electron chi connectivity index (χ1n) is 37.2. The molecule has 0 amide bonds. The van der Waals surface area contributed by atoms with E-state index in [2.05, 4.69) is 0 Å². The molecule has 4 aliphatic carbocycles. The van der Waals surface area contributed by atoms with E-state index in [1.165, 1.54) is 0 Å². The van der Waals surface area contributed by atoms with Crippen molar-refractivity contribution in [2.75, 3.05) is 0 Å². The Bertz CT molecular complexity index is 2980. The molecule has 0 unspecified atom stereocenters. The Labute approximate surface area is 643 Å². The van der Waals surface area contributed by atoms with Gasteiger partial charge in [-0.15, -0.1) is 0 Å². The highest BCUT2D eigenvalue weighted by Crippen LogP contribution is 2.38. The summed E-state index contributed by atoms with van der Waals surface area (Å²) in [4.78, 5) is 106. The minimum absolute atomic E-state index is 0.0128. The summed E-state index contributed by atoms with van der Waals surface area (Å²) in [7, 11) is 0. The molecule has 8 atom stereocenters. The first kappa shape index (κ1) is 92.4. The Morgan fingerprint density at radius 2 is 0.481 bits per heavy atom. The number of hydrogen-bond acceptors (Lipinski definition) is 12. The zero-order chi connectivity index (χ0) is 79.5. The first-order valence-corrected chi connectivity index (χ1v) is 38.7. The van der Waals surface area contributed by atoms with Gasteiger partial charge >= 0.3 is 48.6 Å². The predicted octanol–water partition coefficient (Wildman–Crippen LogP) is 23.2. The molecule has 1 heterocycles. The van der Waals surface area contributed by atoms with E-state index in [0.717, 1.165) is 0 Å². The molecule has 600 valence electrons. The quantitative estimate of drug-likeness (QED) is 0.0471. The Hall–Kier alpha value is -6.24. The third-order valence-electron chi connectivity index (χ3n) is 18.7. The number of allylic oxidation sites excluding steroid dienone is 20. The first-order chi connectivity index (χ1) is 51.0. The van der Waals surface area contributed by atoms with E-state index in [9.17, 15) is 91.0 Å². The van der Waals surface area contributed by atoms with Crippen LogP contribution in [0.3, 0.4) is 0 Å². The van der Waals surface area contributed by atoms with Crippen LogP contribution in [0.15, 0.2) is 140 Å². The highest BCUT2D eigenvalue weighted by atomic mass is 35.5. The van der Waals surface area contributed by atoms with Gasteiger partial charge in [-0.1, -0.05) is 144 Å². The van der Waals surface area contributed by atoms with Crippen molar-refractivity contribution < 1.29 is 110 Å². The van der Waals surface area contributed by atoms with E-state index in [1.54, 1.807) is 97.2 Å². The van der Waals surface area contributed by atoms with Crippen molar-refractivity contribution in [1.29, 1.82) is 0 Å². The summed E-state index contributed by atoms with van der Waals surface area (Å²) in [6.07, 6.45) is 4.06. The van der Waals surface area contributed by atoms with Crippen LogP contribution in [0, 0.1) is 23.7 Å². The van der Waals surface area contributed by atoms with E-state index >= 15 is 0 Å². The molecule has 0 saturated heterocycles. The predicted molar refractivity (Wildman–Crippen MR) is 389 cm³/mol. The lowest BCUT2D eigenvalue weighted by Crippen LogP contribution is -2.19. The number of Topliss-reactive ketones (excluding diaryl/α,β-unsaturated/α-hetero) is 4. The number of ketones is 4. The largest absolute Gasteiger partial charge is 0.462 e. The zero-order valence-electron chi connectivity index (χ0n) is 60.3. The van der Waals surface area contributed by atoms with Gasteiger partial charge in [-0.3, -0.25) is 38.4 Å². The maximum Gasteiger partial charge on any atom is 0.389 e. The SMILES string of the molecule is O=C1CCC/C=C\C[C@H]2C=C(Cl)C(=O)/C2=C/C[C@H](CCCCC(F)(F)F)OC(=O)CCC/C=C\C[C@H]2C=C(Cl)C(=O)/C2=C/C[C@H](CCCCC(F)(F)F)OC(=O)CCC/C=C\C[C@H]2C=C(Cl)C(=O)/C2=C/C[C@H](CCCCC(F)(F)F)OC(=O)CCC/C=C\C[C@H]2C=C(Cl)C(=O)/C2=C/C[C@H](CCCCC(F)(F)F)O1. The molecule has 5 rings (SSSR count). The van der Waals surface area contributed by atoms with Crippen molar-refractivity contribution in [3.8, 4) is 0 Å². The molecule has 0 fully saturated rings. The van der Waals surface area contributed by atoms with Crippen LogP contribution < -0.4 is 0 Å². The van der Waals surface area contributed by atoms with Crippen molar-refractivity contribution in [2.45, 2.75) is 280 Å². The van der Waals surface area contributed by atoms with Crippen molar-refractivity contribution >= 4 is 93.4 Å². The summed E-state index contributed by atoms with van der Waals surface area (Å²) in [6.45, 7) is 0. The molecule has 0 saturated carbocycles. The number of rotatable bonds is 16. The molecular formula is C80H96Cl4F12O12. The molecule has 0 aromatic carbocycles.